The predicted molar refractivity (Wildman–Crippen MR) is 102 cm³/mol. The largest absolute Gasteiger partial charge is 0.478 e. The molecule has 0 aromatic heterocycles. The lowest BCUT2D eigenvalue weighted by molar-refractivity contribution is 0.0697. The Balaban J connectivity index is 1.58. The van der Waals surface area contributed by atoms with Crippen LogP contribution in [0.5, 0.6) is 0 Å². The summed E-state index contributed by atoms with van der Waals surface area (Å²) in [6.45, 7) is 1.37. The number of aromatic carboxylic acids is 1. The highest BCUT2D eigenvalue weighted by Gasteiger charge is 2.36. The average Bonchev–Trinajstić information content (AvgIpc) is 3.10. The molecule has 3 rings (SSSR count). The van der Waals surface area contributed by atoms with E-state index in [1.54, 1.807) is 12.1 Å². The molecule has 142 valence electrons. The van der Waals surface area contributed by atoms with Gasteiger partial charge >= 0.3 is 12.0 Å². The van der Waals surface area contributed by atoms with Crippen molar-refractivity contribution in [1.82, 2.24) is 10.6 Å². The van der Waals surface area contributed by atoms with E-state index in [2.05, 4.69) is 10.6 Å². The number of nitrogens with one attached hydrogen (secondary N) is 2. The molecule has 7 heteroatoms. The van der Waals surface area contributed by atoms with Crippen molar-refractivity contribution in [3.8, 4) is 0 Å². The number of rotatable bonds is 6. The first kappa shape index (κ1) is 19.2. The summed E-state index contributed by atoms with van der Waals surface area (Å²) in [4.78, 5) is 23.3. The molecule has 1 aliphatic heterocycles. The Hall–Kier alpha value is -2.57. The van der Waals surface area contributed by atoms with Gasteiger partial charge in [0.1, 0.15) is 0 Å². The second kappa shape index (κ2) is 8.41. The molecule has 0 saturated carbocycles. The molecule has 6 nitrogen and oxygen atoms in total. The Kier molecular flexibility index (Phi) is 5.98. The lowest BCUT2D eigenvalue weighted by atomic mass is 9.90. The summed E-state index contributed by atoms with van der Waals surface area (Å²) in [5.41, 5.74) is 1.66. The van der Waals surface area contributed by atoms with Gasteiger partial charge in [-0.2, -0.15) is 0 Å². The number of carbonyl (C=O) groups excluding carboxylic acids is 1. The Morgan fingerprint density at radius 3 is 2.33 bits per heavy atom. The summed E-state index contributed by atoms with van der Waals surface area (Å²) < 4.78 is 5.53. The Labute approximate surface area is 162 Å². The van der Waals surface area contributed by atoms with Crippen molar-refractivity contribution in [3.05, 3.63) is 70.2 Å². The van der Waals surface area contributed by atoms with Crippen molar-refractivity contribution in [3.63, 3.8) is 0 Å². The monoisotopic (exact) mass is 388 g/mol. The van der Waals surface area contributed by atoms with E-state index in [0.29, 0.717) is 31.2 Å². The molecule has 1 fully saturated rings. The van der Waals surface area contributed by atoms with Gasteiger partial charge in [-0.1, -0.05) is 35.9 Å². The minimum absolute atomic E-state index is 0.216. The number of urea groups is 1. The van der Waals surface area contributed by atoms with E-state index in [4.69, 9.17) is 21.4 Å². The van der Waals surface area contributed by atoms with Crippen LogP contribution in [0.15, 0.2) is 48.5 Å². The van der Waals surface area contributed by atoms with Crippen molar-refractivity contribution in [2.24, 2.45) is 0 Å². The van der Waals surface area contributed by atoms with Crippen LogP contribution in [0.2, 0.25) is 5.02 Å². The highest BCUT2D eigenvalue weighted by Crippen LogP contribution is 2.24. The summed E-state index contributed by atoms with van der Waals surface area (Å²) in [5.74, 6) is -0.974. The van der Waals surface area contributed by atoms with Crippen LogP contribution in [0.4, 0.5) is 4.79 Å². The zero-order valence-corrected chi connectivity index (χ0v) is 15.5. The lowest BCUT2D eigenvalue weighted by Gasteiger charge is -2.29. The second-order valence-electron chi connectivity index (χ2n) is 6.70. The molecule has 27 heavy (non-hydrogen) atoms. The number of ether oxygens (including phenoxy) is 1. The summed E-state index contributed by atoms with van der Waals surface area (Å²) in [5, 5.41) is 15.5. The molecule has 1 atom stereocenters. The number of hydrogen-bond acceptors (Lipinski definition) is 3. The van der Waals surface area contributed by atoms with E-state index < -0.39 is 11.5 Å². The maximum atomic E-state index is 12.4. The highest BCUT2D eigenvalue weighted by molar-refractivity contribution is 6.30. The molecule has 3 N–H and O–H groups in total. The van der Waals surface area contributed by atoms with Gasteiger partial charge in [0.05, 0.1) is 17.7 Å². The first-order chi connectivity index (χ1) is 13.0. The van der Waals surface area contributed by atoms with Crippen molar-refractivity contribution < 1.29 is 19.4 Å². The third-order valence-electron chi connectivity index (χ3n) is 4.59. The van der Waals surface area contributed by atoms with Gasteiger partial charge in [-0.05, 0) is 48.2 Å². The van der Waals surface area contributed by atoms with E-state index >= 15 is 0 Å². The van der Waals surface area contributed by atoms with Gasteiger partial charge in [0.25, 0.3) is 0 Å². The Bertz CT molecular complexity index is 800. The molecule has 2 aromatic rings. The van der Waals surface area contributed by atoms with E-state index in [9.17, 15) is 9.59 Å². The van der Waals surface area contributed by atoms with Crippen LogP contribution in [0.1, 0.15) is 27.9 Å². The second-order valence-corrected chi connectivity index (χ2v) is 7.13. The number of amides is 2. The molecule has 2 aromatic carbocycles. The van der Waals surface area contributed by atoms with Crippen molar-refractivity contribution in [2.75, 3.05) is 13.2 Å². The molecule has 0 radical (unpaired) electrons. The molecule has 0 bridgehead atoms. The number of carbonyl (C=O) groups is 2. The van der Waals surface area contributed by atoms with Gasteiger partial charge in [0.15, 0.2) is 0 Å². The molecule has 1 aliphatic rings. The Morgan fingerprint density at radius 1 is 1.07 bits per heavy atom. The van der Waals surface area contributed by atoms with Crippen LogP contribution in [0.25, 0.3) is 0 Å². The van der Waals surface area contributed by atoms with E-state index in [1.165, 1.54) is 12.1 Å². The smallest absolute Gasteiger partial charge is 0.335 e. The lowest BCUT2D eigenvalue weighted by Crippen LogP contribution is -2.54. The van der Waals surface area contributed by atoms with Crippen molar-refractivity contribution in [2.45, 2.75) is 24.9 Å². The number of carboxylic acid groups (broad SMARTS) is 1. The fourth-order valence-electron chi connectivity index (χ4n) is 3.11. The van der Waals surface area contributed by atoms with Gasteiger partial charge in [-0.25, -0.2) is 9.59 Å². The maximum Gasteiger partial charge on any atom is 0.335 e. The quantitative estimate of drug-likeness (QED) is 0.708. The van der Waals surface area contributed by atoms with Crippen LogP contribution >= 0.6 is 11.6 Å². The van der Waals surface area contributed by atoms with Gasteiger partial charge in [-0.15, -0.1) is 0 Å². The number of benzene rings is 2. The van der Waals surface area contributed by atoms with Crippen molar-refractivity contribution >= 4 is 23.6 Å². The molecular weight excluding hydrogens is 368 g/mol. The average molecular weight is 389 g/mol. The summed E-state index contributed by atoms with van der Waals surface area (Å²) in [7, 11) is 0. The zero-order valence-electron chi connectivity index (χ0n) is 14.7. The standard InChI is InChI=1S/C20H21ClN2O4/c21-17-7-3-14(4-8-17)11-20(9-10-27-13-20)23-19(26)22-12-15-1-5-16(6-2-15)18(24)25/h1-8H,9-13H2,(H,24,25)(H2,22,23,26). The predicted octanol–water partition coefficient (Wildman–Crippen LogP) is 3.24. The number of halogens is 1. The van der Waals surface area contributed by atoms with Crippen LogP contribution in [0, 0.1) is 0 Å². The van der Waals surface area contributed by atoms with Crippen LogP contribution in [-0.2, 0) is 17.7 Å². The number of carboxylic acids is 1. The van der Waals surface area contributed by atoms with E-state index in [0.717, 1.165) is 17.5 Å². The number of hydrogen-bond donors (Lipinski definition) is 3. The van der Waals surface area contributed by atoms with Gasteiger partial charge < -0.3 is 20.5 Å². The fourth-order valence-corrected chi connectivity index (χ4v) is 3.24. The topological polar surface area (TPSA) is 87.7 Å². The van der Waals surface area contributed by atoms with Crippen LogP contribution < -0.4 is 10.6 Å². The summed E-state index contributed by atoms with van der Waals surface area (Å²) >= 11 is 5.94. The van der Waals surface area contributed by atoms with Gasteiger partial charge in [-0.3, -0.25) is 0 Å². The van der Waals surface area contributed by atoms with Crippen molar-refractivity contribution in [1.29, 1.82) is 0 Å². The van der Waals surface area contributed by atoms with Crippen LogP contribution in [-0.4, -0.2) is 35.9 Å². The Morgan fingerprint density at radius 2 is 1.74 bits per heavy atom. The summed E-state index contributed by atoms with van der Waals surface area (Å²) in [6, 6.07) is 13.7. The normalized spacial score (nSPS) is 18.9. The van der Waals surface area contributed by atoms with E-state index in [1.807, 2.05) is 24.3 Å². The zero-order chi connectivity index (χ0) is 19.3. The maximum absolute atomic E-state index is 12.4. The molecule has 1 heterocycles. The SMILES string of the molecule is O=C(NCc1ccc(C(=O)O)cc1)NC1(Cc2ccc(Cl)cc2)CCOC1. The molecule has 0 spiro atoms. The van der Waals surface area contributed by atoms with E-state index in [-0.39, 0.29) is 11.6 Å². The van der Waals surface area contributed by atoms with Gasteiger partial charge in [0, 0.05) is 18.2 Å². The minimum Gasteiger partial charge on any atom is -0.478 e. The molecule has 1 unspecified atom stereocenters. The van der Waals surface area contributed by atoms with Crippen LogP contribution in [0.3, 0.4) is 0 Å². The summed E-state index contributed by atoms with van der Waals surface area (Å²) in [6.07, 6.45) is 1.39. The molecule has 0 aliphatic carbocycles. The fraction of sp³-hybridized carbons (Fsp3) is 0.300. The molecule has 1 saturated heterocycles. The van der Waals surface area contributed by atoms with Gasteiger partial charge in [0.2, 0.25) is 0 Å². The molecule has 2 amide bonds. The highest BCUT2D eigenvalue weighted by atomic mass is 35.5. The first-order valence-electron chi connectivity index (χ1n) is 8.66. The molecular formula is C20H21ClN2O4. The third-order valence-corrected chi connectivity index (χ3v) is 4.84. The first-order valence-corrected chi connectivity index (χ1v) is 9.04. The third kappa shape index (κ3) is 5.21. The minimum atomic E-state index is -0.974.